The topological polar surface area (TPSA) is 136 Å². The molecule has 7 nitrogen and oxygen atoms in total. The molecule has 0 fully saturated rings. The fourth-order valence-electron chi connectivity index (χ4n) is 1.67. The molecule has 2 atom stereocenters. The summed E-state index contributed by atoms with van der Waals surface area (Å²) in [5, 5.41) is 11.1. The van der Waals surface area contributed by atoms with Crippen molar-refractivity contribution in [1.82, 2.24) is 5.32 Å². The monoisotopic (exact) mass is 279 g/mol. The molecule has 7 heteroatoms. The van der Waals surface area contributed by atoms with E-state index in [2.05, 4.69) is 5.32 Å². The average Bonchev–Trinajstić information content (AvgIpc) is 2.38. The van der Waals surface area contributed by atoms with Crippen molar-refractivity contribution in [2.24, 2.45) is 11.5 Å². The van der Waals surface area contributed by atoms with Gasteiger partial charge in [-0.05, 0) is 5.56 Å². The van der Waals surface area contributed by atoms with Gasteiger partial charge in [0.1, 0.15) is 6.04 Å². The first-order valence-electron chi connectivity index (χ1n) is 6.01. The number of carboxylic acid groups (broad SMARTS) is 1. The Morgan fingerprint density at radius 1 is 1.15 bits per heavy atom. The largest absolute Gasteiger partial charge is 0.480 e. The van der Waals surface area contributed by atoms with E-state index in [9.17, 15) is 14.4 Å². The molecule has 0 spiro atoms. The number of rotatable bonds is 7. The Kier molecular flexibility index (Phi) is 5.67. The summed E-state index contributed by atoms with van der Waals surface area (Å²) in [6, 6.07) is 7.08. The Morgan fingerprint density at radius 2 is 1.75 bits per heavy atom. The van der Waals surface area contributed by atoms with E-state index >= 15 is 0 Å². The van der Waals surface area contributed by atoms with E-state index in [0.717, 1.165) is 5.56 Å². The van der Waals surface area contributed by atoms with Crippen LogP contribution in [0.25, 0.3) is 0 Å². The number of nitrogens with one attached hydrogen (secondary N) is 1. The maximum atomic E-state index is 11.7. The van der Waals surface area contributed by atoms with Gasteiger partial charge in [-0.15, -0.1) is 0 Å². The first-order valence-corrected chi connectivity index (χ1v) is 6.01. The van der Waals surface area contributed by atoms with Crippen LogP contribution in [0.15, 0.2) is 30.3 Å². The number of primary amides is 1. The summed E-state index contributed by atoms with van der Waals surface area (Å²) in [6.07, 6.45) is -0.534. The smallest absolute Gasteiger partial charge is 0.326 e. The Bertz CT molecular complexity index is 490. The number of amides is 2. The fourth-order valence-corrected chi connectivity index (χ4v) is 1.67. The Labute approximate surface area is 115 Å². The molecular formula is C13H17N3O4. The molecule has 108 valence electrons. The molecule has 0 saturated heterocycles. The van der Waals surface area contributed by atoms with Crippen LogP contribution in [0.4, 0.5) is 0 Å². The summed E-state index contributed by atoms with van der Waals surface area (Å²) in [6.45, 7) is 0. The van der Waals surface area contributed by atoms with Crippen molar-refractivity contribution >= 4 is 17.8 Å². The van der Waals surface area contributed by atoms with E-state index < -0.39 is 36.3 Å². The molecule has 0 saturated carbocycles. The molecule has 2 amide bonds. The van der Waals surface area contributed by atoms with Crippen LogP contribution < -0.4 is 16.8 Å². The van der Waals surface area contributed by atoms with Gasteiger partial charge >= 0.3 is 5.97 Å². The van der Waals surface area contributed by atoms with Crippen LogP contribution in [-0.4, -0.2) is 28.9 Å². The predicted octanol–water partition coefficient (Wildman–Crippen LogP) is -0.479. The van der Waals surface area contributed by atoms with Crippen molar-refractivity contribution in [1.29, 1.82) is 0 Å². The van der Waals surface area contributed by atoms with Crippen LogP contribution >= 0.6 is 0 Å². The molecule has 0 aliphatic heterocycles. The Morgan fingerprint density at radius 3 is 2.25 bits per heavy atom. The van der Waals surface area contributed by atoms with Crippen molar-refractivity contribution in [2.45, 2.75) is 24.9 Å². The summed E-state index contributed by atoms with van der Waals surface area (Å²) in [5.74, 6) is -2.66. The molecule has 1 rings (SSSR count). The Hall–Kier alpha value is -2.41. The maximum absolute atomic E-state index is 11.7. The summed E-state index contributed by atoms with van der Waals surface area (Å²) in [5.41, 5.74) is 11.5. The molecule has 0 heterocycles. The second kappa shape index (κ2) is 7.25. The molecule has 0 aromatic heterocycles. The molecule has 1 aromatic carbocycles. The van der Waals surface area contributed by atoms with E-state index in [1.165, 1.54) is 0 Å². The second-order valence-corrected chi connectivity index (χ2v) is 4.35. The van der Waals surface area contributed by atoms with E-state index in [0.29, 0.717) is 0 Å². The van der Waals surface area contributed by atoms with Crippen LogP contribution in [0.1, 0.15) is 24.4 Å². The third kappa shape index (κ3) is 5.07. The van der Waals surface area contributed by atoms with Crippen LogP contribution in [0.5, 0.6) is 0 Å². The molecule has 0 aliphatic carbocycles. The number of benzene rings is 1. The minimum Gasteiger partial charge on any atom is -0.480 e. The Balaban J connectivity index is 2.57. The number of nitrogens with two attached hydrogens (primary N) is 2. The highest BCUT2D eigenvalue weighted by Crippen LogP contribution is 2.13. The van der Waals surface area contributed by atoms with Crippen LogP contribution in [0, 0.1) is 0 Å². The number of hydrogen-bond acceptors (Lipinski definition) is 4. The molecule has 0 bridgehead atoms. The lowest BCUT2D eigenvalue weighted by molar-refractivity contribution is -0.143. The van der Waals surface area contributed by atoms with Gasteiger partial charge < -0.3 is 21.9 Å². The molecule has 0 aliphatic rings. The van der Waals surface area contributed by atoms with Gasteiger partial charge in [0, 0.05) is 12.5 Å². The molecule has 1 aromatic rings. The van der Waals surface area contributed by atoms with Gasteiger partial charge in [-0.2, -0.15) is 0 Å². The average molecular weight is 279 g/mol. The highest BCUT2D eigenvalue weighted by atomic mass is 16.4. The SMILES string of the molecule is NC(=O)CC(NC(=O)CC(N)c1ccccc1)C(=O)O. The molecular weight excluding hydrogens is 262 g/mol. The molecule has 20 heavy (non-hydrogen) atoms. The second-order valence-electron chi connectivity index (χ2n) is 4.35. The van der Waals surface area contributed by atoms with E-state index in [4.69, 9.17) is 16.6 Å². The number of hydrogen-bond donors (Lipinski definition) is 4. The highest BCUT2D eigenvalue weighted by Gasteiger charge is 2.23. The maximum Gasteiger partial charge on any atom is 0.326 e. The fraction of sp³-hybridized carbons (Fsp3) is 0.308. The lowest BCUT2D eigenvalue weighted by atomic mass is 10.0. The minimum atomic E-state index is -1.33. The summed E-state index contributed by atoms with van der Waals surface area (Å²) < 4.78 is 0. The van der Waals surface area contributed by atoms with Gasteiger partial charge in [0.25, 0.3) is 0 Å². The molecule has 0 radical (unpaired) electrons. The molecule has 2 unspecified atom stereocenters. The van der Waals surface area contributed by atoms with E-state index in [-0.39, 0.29) is 6.42 Å². The predicted molar refractivity (Wildman–Crippen MR) is 71.4 cm³/mol. The number of carboxylic acids is 1. The lowest BCUT2D eigenvalue weighted by Gasteiger charge is -2.15. The van der Waals surface area contributed by atoms with Crippen LogP contribution in [-0.2, 0) is 14.4 Å². The number of carbonyl (C=O) groups is 3. The van der Waals surface area contributed by atoms with Crippen LogP contribution in [0.2, 0.25) is 0 Å². The van der Waals surface area contributed by atoms with Crippen molar-refractivity contribution in [3.05, 3.63) is 35.9 Å². The van der Waals surface area contributed by atoms with Gasteiger partial charge in [0.05, 0.1) is 6.42 Å². The van der Waals surface area contributed by atoms with Crippen molar-refractivity contribution in [2.75, 3.05) is 0 Å². The normalized spacial score (nSPS) is 13.2. The zero-order valence-electron chi connectivity index (χ0n) is 10.8. The first-order chi connectivity index (χ1) is 9.40. The van der Waals surface area contributed by atoms with Crippen LogP contribution in [0.3, 0.4) is 0 Å². The number of aliphatic carboxylic acids is 1. The summed E-state index contributed by atoms with van der Waals surface area (Å²) in [7, 11) is 0. The standard InChI is InChI=1S/C13H17N3O4/c14-9(8-4-2-1-3-5-8)6-12(18)16-10(13(19)20)7-11(15)17/h1-5,9-10H,6-7,14H2,(H2,15,17)(H,16,18)(H,19,20). The van der Waals surface area contributed by atoms with Gasteiger partial charge in [0.2, 0.25) is 11.8 Å². The van der Waals surface area contributed by atoms with Crippen molar-refractivity contribution < 1.29 is 19.5 Å². The van der Waals surface area contributed by atoms with Gasteiger partial charge in [0.15, 0.2) is 0 Å². The minimum absolute atomic E-state index is 0.0768. The van der Waals surface area contributed by atoms with Gasteiger partial charge in [-0.3, -0.25) is 9.59 Å². The highest BCUT2D eigenvalue weighted by molar-refractivity contribution is 5.88. The van der Waals surface area contributed by atoms with Crippen molar-refractivity contribution in [3.8, 4) is 0 Å². The van der Waals surface area contributed by atoms with E-state index in [1.54, 1.807) is 24.3 Å². The molecule has 6 N–H and O–H groups in total. The lowest BCUT2D eigenvalue weighted by Crippen LogP contribution is -2.44. The summed E-state index contributed by atoms with van der Waals surface area (Å²) in [4.78, 5) is 33.3. The zero-order valence-corrected chi connectivity index (χ0v) is 10.8. The zero-order chi connectivity index (χ0) is 15.1. The summed E-state index contributed by atoms with van der Waals surface area (Å²) >= 11 is 0. The quantitative estimate of drug-likeness (QED) is 0.534. The number of carbonyl (C=O) groups excluding carboxylic acids is 2. The van der Waals surface area contributed by atoms with Gasteiger partial charge in [-0.1, -0.05) is 30.3 Å². The van der Waals surface area contributed by atoms with Crippen molar-refractivity contribution in [3.63, 3.8) is 0 Å². The first kappa shape index (κ1) is 15.6. The van der Waals surface area contributed by atoms with E-state index in [1.807, 2.05) is 6.07 Å². The van der Waals surface area contributed by atoms with Gasteiger partial charge in [-0.25, -0.2) is 4.79 Å². The third-order valence-electron chi connectivity index (χ3n) is 2.67. The third-order valence-corrected chi connectivity index (χ3v) is 2.67.